The average Bonchev–Trinajstić information content (AvgIpc) is 3.18. The topological polar surface area (TPSA) is 80.3 Å². The zero-order chi connectivity index (χ0) is 14.8. The first-order chi connectivity index (χ1) is 9.29. The van der Waals surface area contributed by atoms with Crippen LogP contribution in [0.2, 0.25) is 0 Å². The summed E-state index contributed by atoms with van der Waals surface area (Å²) in [5.74, 6) is 0.0743. The predicted molar refractivity (Wildman–Crippen MR) is 77.2 cm³/mol. The number of rotatable bonds is 7. The molecule has 0 amide bonds. The van der Waals surface area contributed by atoms with Crippen LogP contribution in [0.25, 0.3) is 0 Å². The zero-order valence-electron chi connectivity index (χ0n) is 11.4. The normalized spacial score (nSPS) is 16.2. The van der Waals surface area contributed by atoms with E-state index < -0.39 is 19.7 Å². The summed E-state index contributed by atoms with van der Waals surface area (Å²) in [6, 6.07) is 5.97. The minimum atomic E-state index is -3.33. The molecule has 0 heterocycles. The standard InChI is InChI=1S/C13H19NO4S2/c1-19(15,16)12-5-7-13(8-6-12)20(17,18)10-2-9-14-11-3-4-11/h5-8,11,14H,2-4,9-10H2,1H3. The maximum atomic E-state index is 12.1. The number of hydrogen-bond donors (Lipinski definition) is 1. The van der Waals surface area contributed by atoms with E-state index >= 15 is 0 Å². The fourth-order valence-corrected chi connectivity index (χ4v) is 3.81. The predicted octanol–water partition coefficient (Wildman–Crippen LogP) is 1.01. The molecule has 1 N–H and O–H groups in total. The zero-order valence-corrected chi connectivity index (χ0v) is 13.0. The minimum Gasteiger partial charge on any atom is -0.314 e. The molecule has 0 unspecified atom stereocenters. The maximum Gasteiger partial charge on any atom is 0.178 e. The van der Waals surface area contributed by atoms with Gasteiger partial charge >= 0.3 is 0 Å². The van der Waals surface area contributed by atoms with E-state index in [1.165, 1.54) is 37.1 Å². The first-order valence-corrected chi connectivity index (χ1v) is 10.1. The number of benzene rings is 1. The van der Waals surface area contributed by atoms with Crippen LogP contribution in [0.3, 0.4) is 0 Å². The molecule has 0 spiro atoms. The lowest BCUT2D eigenvalue weighted by Crippen LogP contribution is -2.20. The number of nitrogens with one attached hydrogen (secondary N) is 1. The van der Waals surface area contributed by atoms with Gasteiger partial charge in [0.05, 0.1) is 15.5 Å². The van der Waals surface area contributed by atoms with Gasteiger partial charge in [-0.2, -0.15) is 0 Å². The van der Waals surface area contributed by atoms with Gasteiger partial charge in [-0.15, -0.1) is 0 Å². The van der Waals surface area contributed by atoms with Crippen LogP contribution in [0.4, 0.5) is 0 Å². The fourth-order valence-electron chi connectivity index (χ4n) is 1.87. The van der Waals surface area contributed by atoms with Gasteiger partial charge in [0.15, 0.2) is 19.7 Å². The second-order valence-electron chi connectivity index (χ2n) is 5.14. The Morgan fingerprint density at radius 3 is 2.10 bits per heavy atom. The summed E-state index contributed by atoms with van der Waals surface area (Å²) in [6.45, 7) is 0.700. The number of hydrogen-bond acceptors (Lipinski definition) is 5. The highest BCUT2D eigenvalue weighted by Crippen LogP contribution is 2.19. The van der Waals surface area contributed by atoms with E-state index in [0.29, 0.717) is 19.0 Å². The van der Waals surface area contributed by atoms with E-state index in [9.17, 15) is 16.8 Å². The Balaban J connectivity index is 1.97. The Morgan fingerprint density at radius 2 is 1.60 bits per heavy atom. The van der Waals surface area contributed by atoms with Crippen LogP contribution in [0, 0.1) is 0 Å². The smallest absolute Gasteiger partial charge is 0.178 e. The Kier molecular flexibility index (Phi) is 4.51. The van der Waals surface area contributed by atoms with E-state index in [2.05, 4.69) is 5.32 Å². The lowest BCUT2D eigenvalue weighted by atomic mass is 10.4. The second-order valence-corrected chi connectivity index (χ2v) is 9.27. The van der Waals surface area contributed by atoms with Gasteiger partial charge in [0.25, 0.3) is 0 Å². The van der Waals surface area contributed by atoms with Crippen molar-refractivity contribution in [3.05, 3.63) is 24.3 Å². The fraction of sp³-hybridized carbons (Fsp3) is 0.538. The van der Waals surface area contributed by atoms with Gasteiger partial charge < -0.3 is 5.32 Å². The molecule has 0 aromatic heterocycles. The molecule has 0 aliphatic heterocycles. The molecule has 5 nitrogen and oxygen atoms in total. The van der Waals surface area contributed by atoms with Gasteiger partial charge in [0.1, 0.15) is 0 Å². The molecule has 1 fully saturated rings. The van der Waals surface area contributed by atoms with Gasteiger partial charge in [0, 0.05) is 12.3 Å². The van der Waals surface area contributed by atoms with Crippen molar-refractivity contribution in [1.82, 2.24) is 5.32 Å². The summed E-state index contributed by atoms with van der Waals surface area (Å²) in [5.41, 5.74) is 0. The molecule has 0 radical (unpaired) electrons. The lowest BCUT2D eigenvalue weighted by molar-refractivity contribution is 0.587. The first-order valence-electron chi connectivity index (χ1n) is 6.55. The van der Waals surface area contributed by atoms with Crippen LogP contribution in [0.15, 0.2) is 34.1 Å². The summed E-state index contributed by atoms with van der Waals surface area (Å²) in [6.07, 6.45) is 4.02. The van der Waals surface area contributed by atoms with Crippen LogP contribution in [-0.4, -0.2) is 41.4 Å². The summed E-state index contributed by atoms with van der Waals surface area (Å²) in [5, 5.41) is 3.27. The van der Waals surface area contributed by atoms with Gasteiger partial charge in [0.2, 0.25) is 0 Å². The highest BCUT2D eigenvalue weighted by Gasteiger charge is 2.20. The highest BCUT2D eigenvalue weighted by molar-refractivity contribution is 7.91. The molecule has 0 atom stereocenters. The van der Waals surface area contributed by atoms with Crippen molar-refractivity contribution in [2.24, 2.45) is 0 Å². The molecule has 1 aliphatic carbocycles. The first kappa shape index (κ1) is 15.5. The van der Waals surface area contributed by atoms with E-state index in [4.69, 9.17) is 0 Å². The van der Waals surface area contributed by atoms with Crippen LogP contribution in [0.1, 0.15) is 19.3 Å². The summed E-state index contributed by atoms with van der Waals surface area (Å²) in [4.78, 5) is 0.308. The molecule has 1 aliphatic rings. The Bertz CT molecular complexity index is 659. The summed E-state index contributed by atoms with van der Waals surface area (Å²) >= 11 is 0. The highest BCUT2D eigenvalue weighted by atomic mass is 32.2. The Labute approximate surface area is 120 Å². The lowest BCUT2D eigenvalue weighted by Gasteiger charge is -2.06. The van der Waals surface area contributed by atoms with Crippen LogP contribution >= 0.6 is 0 Å². The maximum absolute atomic E-state index is 12.1. The van der Waals surface area contributed by atoms with E-state index in [1.54, 1.807) is 0 Å². The molecule has 2 rings (SSSR count). The molecule has 112 valence electrons. The largest absolute Gasteiger partial charge is 0.314 e. The van der Waals surface area contributed by atoms with Gasteiger partial charge in [-0.05, 0) is 50.1 Å². The SMILES string of the molecule is CS(=O)(=O)c1ccc(S(=O)(=O)CCCNC2CC2)cc1. The van der Waals surface area contributed by atoms with Gasteiger partial charge in [-0.1, -0.05) is 0 Å². The average molecular weight is 317 g/mol. The third kappa shape index (κ3) is 4.29. The molecule has 1 aromatic carbocycles. The Morgan fingerprint density at radius 1 is 1.05 bits per heavy atom. The molecule has 0 saturated heterocycles. The summed E-state index contributed by atoms with van der Waals surface area (Å²) < 4.78 is 46.8. The Hall–Kier alpha value is -0.920. The second kappa shape index (κ2) is 5.83. The molecular formula is C13H19NO4S2. The number of sulfone groups is 2. The molecule has 0 bridgehead atoms. The minimum absolute atomic E-state index is 0.0743. The molecule has 20 heavy (non-hydrogen) atoms. The van der Waals surface area contributed by atoms with Crippen molar-refractivity contribution in [2.45, 2.75) is 35.1 Å². The molecule has 1 aromatic rings. The van der Waals surface area contributed by atoms with E-state index in [-0.39, 0.29) is 15.5 Å². The molecule has 7 heteroatoms. The van der Waals surface area contributed by atoms with Crippen LogP contribution in [-0.2, 0) is 19.7 Å². The van der Waals surface area contributed by atoms with E-state index in [0.717, 1.165) is 6.26 Å². The van der Waals surface area contributed by atoms with Crippen molar-refractivity contribution < 1.29 is 16.8 Å². The van der Waals surface area contributed by atoms with E-state index in [1.807, 2.05) is 0 Å². The monoisotopic (exact) mass is 317 g/mol. The van der Waals surface area contributed by atoms with Crippen molar-refractivity contribution in [1.29, 1.82) is 0 Å². The van der Waals surface area contributed by atoms with Crippen LogP contribution < -0.4 is 5.32 Å². The van der Waals surface area contributed by atoms with Gasteiger partial charge in [-0.25, -0.2) is 16.8 Å². The third-order valence-corrected chi connectivity index (χ3v) is 6.16. The quantitative estimate of drug-likeness (QED) is 0.759. The van der Waals surface area contributed by atoms with Crippen molar-refractivity contribution in [3.63, 3.8) is 0 Å². The van der Waals surface area contributed by atoms with Crippen LogP contribution in [0.5, 0.6) is 0 Å². The third-order valence-electron chi connectivity index (χ3n) is 3.21. The molecule has 1 saturated carbocycles. The summed E-state index contributed by atoms with van der Waals surface area (Å²) in [7, 11) is -6.63. The van der Waals surface area contributed by atoms with Gasteiger partial charge in [-0.3, -0.25) is 0 Å². The van der Waals surface area contributed by atoms with Crippen molar-refractivity contribution >= 4 is 19.7 Å². The van der Waals surface area contributed by atoms with Crippen molar-refractivity contribution in [2.75, 3.05) is 18.6 Å². The van der Waals surface area contributed by atoms with Crippen molar-refractivity contribution in [3.8, 4) is 0 Å². The molecular weight excluding hydrogens is 298 g/mol.